The molecule has 0 unspecified atom stereocenters. The maximum absolute atomic E-state index is 12.6. The average molecular weight is 482 g/mol. The molecule has 3 aromatic heterocycles. The standard InChI is InChI=1S/C24H23N3O6S/c1-31-14-7-5-13(6-8-14)10-32-11-17-19(28)20(29)21(33-17)15-12-34-22-18(15)26-23(27-24(22)30)16-4-2-3-9-25-16/h2-9,12,17,19-21,28-29H,10-11H2,1H3,(H,26,27,30)/t17-,19-,20-,21+/m1/s1. The Labute approximate surface area is 198 Å². The van der Waals surface area contributed by atoms with E-state index in [-0.39, 0.29) is 12.2 Å². The summed E-state index contributed by atoms with van der Waals surface area (Å²) in [6.07, 6.45) is -2.29. The first-order chi connectivity index (χ1) is 16.5. The number of pyridine rings is 1. The van der Waals surface area contributed by atoms with Crippen LogP contribution in [-0.2, 0) is 16.1 Å². The smallest absolute Gasteiger partial charge is 0.269 e. The zero-order valence-electron chi connectivity index (χ0n) is 18.2. The molecule has 3 N–H and O–H groups in total. The summed E-state index contributed by atoms with van der Waals surface area (Å²) in [5.41, 5.74) is 2.14. The molecule has 1 aliphatic rings. The lowest BCUT2D eigenvalue weighted by molar-refractivity contribution is -0.0486. The van der Waals surface area contributed by atoms with Crippen LogP contribution in [0.15, 0.2) is 58.8 Å². The highest BCUT2D eigenvalue weighted by molar-refractivity contribution is 7.17. The number of rotatable bonds is 7. The van der Waals surface area contributed by atoms with E-state index in [9.17, 15) is 15.0 Å². The van der Waals surface area contributed by atoms with Crippen LogP contribution >= 0.6 is 11.3 Å². The van der Waals surface area contributed by atoms with E-state index in [0.29, 0.717) is 33.9 Å². The number of methoxy groups -OCH3 is 1. The van der Waals surface area contributed by atoms with E-state index in [4.69, 9.17) is 14.2 Å². The molecule has 1 aliphatic heterocycles. The zero-order chi connectivity index (χ0) is 23.7. The Morgan fingerprint density at radius 2 is 1.97 bits per heavy atom. The van der Waals surface area contributed by atoms with Crippen LogP contribution < -0.4 is 10.3 Å². The summed E-state index contributed by atoms with van der Waals surface area (Å²) in [5.74, 6) is 1.08. The van der Waals surface area contributed by atoms with Gasteiger partial charge in [-0.15, -0.1) is 11.3 Å². The van der Waals surface area contributed by atoms with Gasteiger partial charge in [-0.3, -0.25) is 9.78 Å². The van der Waals surface area contributed by atoms with Crippen LogP contribution in [0.5, 0.6) is 5.75 Å². The topological polar surface area (TPSA) is 127 Å². The summed E-state index contributed by atoms with van der Waals surface area (Å²) in [4.78, 5) is 24.2. The lowest BCUT2D eigenvalue weighted by Gasteiger charge is -2.15. The van der Waals surface area contributed by atoms with Crippen molar-refractivity contribution in [2.75, 3.05) is 13.7 Å². The molecule has 0 amide bonds. The van der Waals surface area contributed by atoms with Crippen molar-refractivity contribution in [2.24, 2.45) is 0 Å². The number of aliphatic hydroxyl groups excluding tert-OH is 2. The van der Waals surface area contributed by atoms with Crippen LogP contribution in [0.2, 0.25) is 0 Å². The van der Waals surface area contributed by atoms with Gasteiger partial charge in [0.1, 0.15) is 40.6 Å². The Balaban J connectivity index is 1.34. The summed E-state index contributed by atoms with van der Waals surface area (Å²) >= 11 is 1.21. The Kier molecular flexibility index (Phi) is 6.40. The second-order valence-corrected chi connectivity index (χ2v) is 8.82. The van der Waals surface area contributed by atoms with Crippen molar-refractivity contribution >= 4 is 21.6 Å². The maximum atomic E-state index is 12.6. The molecule has 34 heavy (non-hydrogen) atoms. The van der Waals surface area contributed by atoms with Gasteiger partial charge in [-0.25, -0.2) is 4.98 Å². The SMILES string of the molecule is COc1ccc(COC[C@H]2O[C@@H](c3csc4c(=O)[nH]c(-c5ccccn5)nc34)[C@H](O)[C@@H]2O)cc1. The van der Waals surface area contributed by atoms with Gasteiger partial charge in [-0.2, -0.15) is 0 Å². The molecule has 0 spiro atoms. The molecule has 1 fully saturated rings. The minimum atomic E-state index is -1.19. The highest BCUT2D eigenvalue weighted by atomic mass is 32.1. The quantitative estimate of drug-likeness (QED) is 0.367. The van der Waals surface area contributed by atoms with Gasteiger partial charge >= 0.3 is 0 Å². The van der Waals surface area contributed by atoms with E-state index in [0.717, 1.165) is 11.3 Å². The molecule has 9 nitrogen and oxygen atoms in total. The van der Waals surface area contributed by atoms with E-state index in [1.54, 1.807) is 36.9 Å². The molecule has 4 heterocycles. The Bertz CT molecular complexity index is 1320. The normalized spacial score (nSPS) is 22.3. The summed E-state index contributed by atoms with van der Waals surface area (Å²) in [6.45, 7) is 0.416. The van der Waals surface area contributed by atoms with Gasteiger partial charge in [0.15, 0.2) is 5.82 Å². The Morgan fingerprint density at radius 3 is 2.71 bits per heavy atom. The van der Waals surface area contributed by atoms with Gasteiger partial charge in [0, 0.05) is 11.8 Å². The van der Waals surface area contributed by atoms with E-state index >= 15 is 0 Å². The molecular formula is C24H23N3O6S. The van der Waals surface area contributed by atoms with Crippen LogP contribution in [0, 0.1) is 0 Å². The first-order valence-electron chi connectivity index (χ1n) is 10.7. The number of hydrogen-bond acceptors (Lipinski definition) is 9. The summed E-state index contributed by atoms with van der Waals surface area (Å²) < 4.78 is 17.3. The molecule has 0 radical (unpaired) electrons. The first-order valence-corrected chi connectivity index (χ1v) is 11.6. The molecule has 0 aliphatic carbocycles. The van der Waals surface area contributed by atoms with E-state index in [1.165, 1.54) is 11.3 Å². The summed E-state index contributed by atoms with van der Waals surface area (Å²) in [7, 11) is 1.60. The number of aromatic nitrogens is 3. The maximum Gasteiger partial charge on any atom is 0.269 e. The predicted molar refractivity (Wildman–Crippen MR) is 126 cm³/mol. The predicted octanol–water partition coefficient (Wildman–Crippen LogP) is 2.43. The number of benzene rings is 1. The van der Waals surface area contributed by atoms with Gasteiger partial charge in [-0.05, 0) is 35.2 Å². The average Bonchev–Trinajstić information content (AvgIpc) is 3.41. The van der Waals surface area contributed by atoms with Crippen molar-refractivity contribution in [2.45, 2.75) is 31.0 Å². The molecule has 4 atom stereocenters. The van der Waals surface area contributed by atoms with E-state index in [2.05, 4.69) is 15.0 Å². The van der Waals surface area contributed by atoms with Crippen molar-refractivity contribution in [3.05, 3.63) is 75.5 Å². The third-order valence-electron chi connectivity index (χ3n) is 5.74. The van der Waals surface area contributed by atoms with Crippen LogP contribution in [0.1, 0.15) is 17.2 Å². The first kappa shape index (κ1) is 22.6. The van der Waals surface area contributed by atoms with Gasteiger partial charge in [0.2, 0.25) is 0 Å². The van der Waals surface area contributed by atoms with Crippen molar-refractivity contribution in [3.8, 4) is 17.3 Å². The second kappa shape index (κ2) is 9.61. The van der Waals surface area contributed by atoms with Crippen molar-refractivity contribution in [1.82, 2.24) is 15.0 Å². The molecule has 1 saturated heterocycles. The van der Waals surface area contributed by atoms with Crippen molar-refractivity contribution < 1.29 is 24.4 Å². The minimum Gasteiger partial charge on any atom is -0.497 e. The fraction of sp³-hybridized carbons (Fsp3) is 0.292. The zero-order valence-corrected chi connectivity index (χ0v) is 19.1. The monoisotopic (exact) mass is 481 g/mol. The molecule has 176 valence electrons. The molecule has 0 bridgehead atoms. The van der Waals surface area contributed by atoms with Gasteiger partial charge in [-0.1, -0.05) is 18.2 Å². The fourth-order valence-corrected chi connectivity index (χ4v) is 4.85. The second-order valence-electron chi connectivity index (χ2n) is 7.94. The number of H-pyrrole nitrogens is 1. The van der Waals surface area contributed by atoms with Crippen molar-refractivity contribution in [3.63, 3.8) is 0 Å². The number of aromatic amines is 1. The third-order valence-corrected chi connectivity index (χ3v) is 6.73. The number of ether oxygens (including phenoxy) is 3. The van der Waals surface area contributed by atoms with Crippen LogP contribution in [0.3, 0.4) is 0 Å². The Hall–Kier alpha value is -3.15. The number of fused-ring (bicyclic) bond motifs is 1. The number of nitrogens with zero attached hydrogens (tertiary/aromatic N) is 2. The summed E-state index contributed by atoms with van der Waals surface area (Å²) in [6, 6.07) is 12.8. The van der Waals surface area contributed by atoms with E-state index in [1.807, 2.05) is 24.3 Å². The van der Waals surface area contributed by atoms with Gasteiger partial charge < -0.3 is 29.4 Å². The van der Waals surface area contributed by atoms with E-state index < -0.39 is 24.4 Å². The van der Waals surface area contributed by atoms with Crippen molar-refractivity contribution in [1.29, 1.82) is 0 Å². The molecule has 0 saturated carbocycles. The number of nitrogens with one attached hydrogen (secondary N) is 1. The molecule has 4 aromatic rings. The molecular weight excluding hydrogens is 458 g/mol. The largest absolute Gasteiger partial charge is 0.497 e. The highest BCUT2D eigenvalue weighted by Crippen LogP contribution is 2.38. The summed E-state index contributed by atoms with van der Waals surface area (Å²) in [5, 5.41) is 23.0. The molecule has 1 aromatic carbocycles. The number of hydrogen-bond donors (Lipinski definition) is 3. The van der Waals surface area contributed by atoms with Crippen LogP contribution in [-0.4, -0.2) is 57.2 Å². The van der Waals surface area contributed by atoms with Gasteiger partial charge in [0.25, 0.3) is 5.56 Å². The molecule has 5 rings (SSSR count). The lowest BCUT2D eigenvalue weighted by atomic mass is 10.0. The number of thiophene rings is 1. The highest BCUT2D eigenvalue weighted by Gasteiger charge is 2.44. The van der Waals surface area contributed by atoms with Crippen LogP contribution in [0.25, 0.3) is 21.7 Å². The third kappa shape index (κ3) is 4.33. The Morgan fingerprint density at radius 1 is 1.15 bits per heavy atom. The number of aliphatic hydroxyl groups is 2. The lowest BCUT2D eigenvalue weighted by Crippen LogP contribution is -2.33. The van der Waals surface area contributed by atoms with Crippen LogP contribution in [0.4, 0.5) is 0 Å². The molecule has 10 heteroatoms. The van der Waals surface area contributed by atoms with Gasteiger partial charge in [0.05, 0.1) is 25.8 Å². The minimum absolute atomic E-state index is 0.0933. The fourth-order valence-electron chi connectivity index (χ4n) is 3.93.